The summed E-state index contributed by atoms with van der Waals surface area (Å²) in [6.45, 7) is 2.65. The number of ether oxygens (including phenoxy) is 1. The van der Waals surface area contributed by atoms with Gasteiger partial charge in [-0.15, -0.1) is 0 Å². The molecule has 2 heteroatoms. The van der Waals surface area contributed by atoms with Crippen molar-refractivity contribution in [3.05, 3.63) is 83.9 Å². The highest BCUT2D eigenvalue weighted by atomic mass is 16.5. The molecule has 4 rings (SSSR count). The third-order valence-corrected chi connectivity index (χ3v) is 4.08. The largest absolute Gasteiger partial charge is 0.434 e. The summed E-state index contributed by atoms with van der Waals surface area (Å²) >= 11 is 0. The average Bonchev–Trinajstić information content (AvgIpc) is 2.62. The minimum Gasteiger partial charge on any atom is -0.434 e. The number of fused-ring (bicyclic) bond motifs is 1. The Labute approximate surface area is 136 Å². The number of para-hydroxylation sites is 1. The molecule has 0 unspecified atom stereocenters. The quantitative estimate of drug-likeness (QED) is 0.621. The van der Waals surface area contributed by atoms with E-state index in [1.54, 1.807) is 0 Å². The van der Waals surface area contributed by atoms with E-state index in [1.807, 2.05) is 24.3 Å². The third kappa shape index (κ3) is 2.64. The van der Waals surface area contributed by atoms with Gasteiger partial charge in [0.1, 0.15) is 5.75 Å². The summed E-state index contributed by atoms with van der Waals surface area (Å²) in [6.07, 6.45) is 2.17. The first-order valence-corrected chi connectivity index (χ1v) is 7.81. The Morgan fingerprint density at radius 1 is 0.870 bits per heavy atom. The second kappa shape index (κ2) is 5.73. The van der Waals surface area contributed by atoms with Crippen molar-refractivity contribution >= 4 is 11.9 Å². The van der Waals surface area contributed by atoms with Crippen molar-refractivity contribution in [1.29, 1.82) is 0 Å². The van der Waals surface area contributed by atoms with Gasteiger partial charge in [0, 0.05) is 17.7 Å². The lowest BCUT2D eigenvalue weighted by Gasteiger charge is -2.18. The molecule has 0 saturated carbocycles. The van der Waals surface area contributed by atoms with Crippen LogP contribution in [0.5, 0.6) is 5.75 Å². The predicted molar refractivity (Wildman–Crippen MR) is 93.6 cm³/mol. The zero-order valence-corrected chi connectivity index (χ0v) is 13.1. The topological polar surface area (TPSA) is 12.2 Å². The van der Waals surface area contributed by atoms with E-state index in [-0.39, 0.29) is 0 Å². The number of hydrogen-bond donors (Lipinski definition) is 0. The van der Waals surface area contributed by atoms with Crippen LogP contribution in [0, 0.1) is 6.92 Å². The number of rotatable bonds is 2. The van der Waals surface area contributed by atoms with Crippen LogP contribution in [-0.2, 0) is 0 Å². The van der Waals surface area contributed by atoms with Gasteiger partial charge in [-0.3, -0.25) is 0 Å². The minimum atomic E-state index is 0.528. The minimum absolute atomic E-state index is 0.528. The van der Waals surface area contributed by atoms with Crippen molar-refractivity contribution in [1.82, 2.24) is 0 Å². The van der Waals surface area contributed by atoms with E-state index in [9.17, 15) is 0 Å². The molecule has 0 radical (unpaired) electrons. The monoisotopic (exact) mass is 300 g/mol. The summed E-state index contributed by atoms with van der Waals surface area (Å²) in [5, 5.41) is 0. The number of benzene rings is 3. The van der Waals surface area contributed by atoms with E-state index < -0.39 is 0 Å². The van der Waals surface area contributed by atoms with Crippen LogP contribution in [0.2, 0.25) is 0 Å². The van der Waals surface area contributed by atoms with Crippen LogP contribution >= 0.6 is 0 Å². The molecule has 1 aliphatic rings. The molecule has 0 aromatic heterocycles. The summed E-state index contributed by atoms with van der Waals surface area (Å²) in [4.78, 5) is 0. The van der Waals surface area contributed by atoms with Crippen LogP contribution in [0.4, 0.5) is 5.69 Å². The highest BCUT2D eigenvalue weighted by Gasteiger charge is 2.22. The Bertz CT molecular complexity index is 867. The molecule has 0 fully saturated rings. The fourth-order valence-electron chi connectivity index (χ4n) is 3.00. The average molecular weight is 300 g/mol. The van der Waals surface area contributed by atoms with E-state index in [4.69, 9.17) is 4.74 Å². The lowest BCUT2D eigenvalue weighted by atomic mass is 9.98. The third-order valence-electron chi connectivity index (χ3n) is 4.08. The summed E-state index contributed by atoms with van der Waals surface area (Å²) in [6, 6.07) is 25.1. The van der Waals surface area contributed by atoms with Crippen molar-refractivity contribution in [2.24, 2.45) is 0 Å². The highest BCUT2D eigenvalue weighted by molar-refractivity contribution is 5.88. The second-order valence-corrected chi connectivity index (χ2v) is 5.80. The molecule has 3 aromatic rings. The molecule has 0 N–H and O–H groups in total. The molecule has 0 aliphatic carbocycles. The first kappa shape index (κ1) is 13.8. The van der Waals surface area contributed by atoms with E-state index in [2.05, 4.69) is 66.2 Å². The Kier molecular flexibility index (Phi) is 3.43. The van der Waals surface area contributed by atoms with Crippen LogP contribution in [-0.4, -0.2) is 17.5 Å². The molecule has 3 aromatic carbocycles. The lowest BCUT2D eigenvalue weighted by molar-refractivity contribution is -0.476. The number of nitrogens with zero attached hydrogens (tertiary/aromatic N) is 1. The van der Waals surface area contributed by atoms with Gasteiger partial charge in [0.2, 0.25) is 5.69 Å². The smallest absolute Gasteiger partial charge is 0.292 e. The Balaban J connectivity index is 1.85. The Morgan fingerprint density at radius 2 is 1.57 bits per heavy atom. The van der Waals surface area contributed by atoms with Crippen LogP contribution in [0.1, 0.15) is 11.1 Å². The van der Waals surface area contributed by atoms with Gasteiger partial charge in [-0.1, -0.05) is 48.5 Å². The zero-order valence-electron chi connectivity index (χ0n) is 13.1. The molecule has 23 heavy (non-hydrogen) atoms. The first-order valence-electron chi connectivity index (χ1n) is 7.81. The maximum absolute atomic E-state index is 6.13. The van der Waals surface area contributed by atoms with Crippen molar-refractivity contribution in [3.8, 4) is 16.9 Å². The van der Waals surface area contributed by atoms with Gasteiger partial charge in [0.05, 0.1) is 5.56 Å². The summed E-state index contributed by atoms with van der Waals surface area (Å²) < 4.78 is 8.26. The van der Waals surface area contributed by atoms with Gasteiger partial charge in [-0.25, -0.2) is 0 Å². The second-order valence-electron chi connectivity index (χ2n) is 5.80. The van der Waals surface area contributed by atoms with Crippen molar-refractivity contribution in [2.45, 2.75) is 6.92 Å². The molecule has 112 valence electrons. The molecule has 0 saturated heterocycles. The van der Waals surface area contributed by atoms with Crippen molar-refractivity contribution in [3.63, 3.8) is 0 Å². The fraction of sp³-hybridized carbons (Fsp3) is 0.0952. The molecular weight excluding hydrogens is 282 g/mol. The number of hydrogen-bond acceptors (Lipinski definition) is 1. The van der Waals surface area contributed by atoms with Gasteiger partial charge in [-0.05, 0) is 30.2 Å². The number of aryl methyl sites for hydroxylation is 1. The summed E-state index contributed by atoms with van der Waals surface area (Å²) in [7, 11) is 0. The van der Waals surface area contributed by atoms with E-state index in [0.717, 1.165) is 22.6 Å². The fourth-order valence-corrected chi connectivity index (χ4v) is 3.00. The SMILES string of the molecule is Cc1cc2c(c(-c3ccccc3)c1)OC[N+](c1ccccc1)=C2. The van der Waals surface area contributed by atoms with Gasteiger partial charge < -0.3 is 4.74 Å². The maximum atomic E-state index is 6.13. The maximum Gasteiger partial charge on any atom is 0.292 e. The highest BCUT2D eigenvalue weighted by Crippen LogP contribution is 2.35. The van der Waals surface area contributed by atoms with Crippen molar-refractivity contribution < 1.29 is 9.31 Å². The van der Waals surface area contributed by atoms with Crippen LogP contribution in [0.15, 0.2) is 72.8 Å². The Hall–Kier alpha value is -2.87. The normalized spacial score (nSPS) is 13.0. The lowest BCUT2D eigenvalue weighted by Crippen LogP contribution is -2.21. The van der Waals surface area contributed by atoms with Gasteiger partial charge in [-0.2, -0.15) is 4.58 Å². The molecule has 1 heterocycles. The van der Waals surface area contributed by atoms with E-state index in [1.165, 1.54) is 11.1 Å². The molecule has 0 spiro atoms. The van der Waals surface area contributed by atoms with Gasteiger partial charge >= 0.3 is 0 Å². The molecule has 1 aliphatic heterocycles. The van der Waals surface area contributed by atoms with Crippen LogP contribution in [0.3, 0.4) is 0 Å². The zero-order chi connectivity index (χ0) is 15.6. The Morgan fingerprint density at radius 3 is 2.30 bits per heavy atom. The molecule has 0 amide bonds. The predicted octanol–water partition coefficient (Wildman–Crippen LogP) is 4.78. The van der Waals surface area contributed by atoms with E-state index >= 15 is 0 Å². The molecular formula is C21H18NO+. The summed E-state index contributed by atoms with van der Waals surface area (Å²) in [5.74, 6) is 0.967. The summed E-state index contributed by atoms with van der Waals surface area (Å²) in [5.41, 5.74) is 5.84. The van der Waals surface area contributed by atoms with E-state index in [0.29, 0.717) is 6.73 Å². The molecule has 0 atom stereocenters. The first-order chi connectivity index (χ1) is 11.3. The standard InChI is InChI=1S/C21H18NO/c1-16-12-18-14-22(19-10-6-3-7-11-19)15-23-21(18)20(13-16)17-8-4-2-5-9-17/h2-14H,15H2,1H3/q+1. The van der Waals surface area contributed by atoms with Crippen LogP contribution in [0.25, 0.3) is 11.1 Å². The van der Waals surface area contributed by atoms with Crippen molar-refractivity contribution in [2.75, 3.05) is 6.73 Å². The van der Waals surface area contributed by atoms with Crippen LogP contribution < -0.4 is 4.74 Å². The van der Waals surface area contributed by atoms with Gasteiger partial charge in [0.15, 0.2) is 6.21 Å². The molecule has 2 nitrogen and oxygen atoms in total. The molecule has 0 bridgehead atoms. The van der Waals surface area contributed by atoms with Gasteiger partial charge in [0.25, 0.3) is 6.73 Å².